The maximum Gasteiger partial charge on any atom is 0.257 e. The van der Waals surface area contributed by atoms with Gasteiger partial charge in [-0.3, -0.25) is 4.79 Å². The van der Waals surface area contributed by atoms with Crippen molar-refractivity contribution in [1.29, 1.82) is 0 Å². The van der Waals surface area contributed by atoms with Crippen molar-refractivity contribution in [3.63, 3.8) is 0 Å². The number of aromatic nitrogens is 2. The molecular weight excluding hydrogens is 302 g/mol. The number of carbonyl (C=O) groups is 1. The third kappa shape index (κ3) is 3.93. The van der Waals surface area contributed by atoms with Crippen LogP contribution in [0.25, 0.3) is 0 Å². The number of aromatic amines is 1. The molecule has 1 atom stereocenters. The fourth-order valence-electron chi connectivity index (χ4n) is 2.70. The number of nitrogens with zero attached hydrogens (tertiary/aromatic N) is 2. The lowest BCUT2D eigenvalue weighted by molar-refractivity contribution is 0.0661. The summed E-state index contributed by atoms with van der Waals surface area (Å²) in [4.78, 5) is 22.0. The highest BCUT2D eigenvalue weighted by Gasteiger charge is 2.23. The number of amides is 1. The second-order valence-corrected chi connectivity index (χ2v) is 5.85. The van der Waals surface area contributed by atoms with Gasteiger partial charge in [0, 0.05) is 18.4 Å². The molecule has 0 spiro atoms. The molecule has 0 bridgehead atoms. The van der Waals surface area contributed by atoms with Gasteiger partial charge in [-0.15, -0.1) is 0 Å². The van der Waals surface area contributed by atoms with Gasteiger partial charge in [-0.2, -0.15) is 0 Å². The van der Waals surface area contributed by atoms with Gasteiger partial charge in [-0.25, -0.2) is 4.98 Å². The van der Waals surface area contributed by atoms with E-state index in [0.717, 1.165) is 18.7 Å². The highest BCUT2D eigenvalue weighted by atomic mass is 16.3. The van der Waals surface area contributed by atoms with E-state index in [0.29, 0.717) is 12.1 Å². The van der Waals surface area contributed by atoms with Crippen molar-refractivity contribution in [1.82, 2.24) is 14.9 Å². The smallest absolute Gasteiger partial charge is 0.257 e. The van der Waals surface area contributed by atoms with Crippen LogP contribution in [0.2, 0.25) is 0 Å². The van der Waals surface area contributed by atoms with Gasteiger partial charge in [0.1, 0.15) is 12.1 Å². The number of hydrogen-bond donors (Lipinski definition) is 1. The van der Waals surface area contributed by atoms with Crippen LogP contribution in [0.3, 0.4) is 0 Å². The largest absolute Gasteiger partial charge is 0.472 e. The number of carbonyl (C=O) groups excluding carboxylic acids is 1. The molecule has 0 saturated carbocycles. The first-order valence-corrected chi connectivity index (χ1v) is 8.09. The maximum absolute atomic E-state index is 12.8. The Labute approximate surface area is 141 Å². The molecule has 0 radical (unpaired) electrons. The molecule has 0 aliphatic carbocycles. The monoisotopic (exact) mass is 323 g/mol. The van der Waals surface area contributed by atoms with E-state index in [1.54, 1.807) is 18.5 Å². The van der Waals surface area contributed by atoms with Crippen molar-refractivity contribution in [2.45, 2.75) is 32.4 Å². The third-order valence-electron chi connectivity index (χ3n) is 4.13. The van der Waals surface area contributed by atoms with Gasteiger partial charge in [-0.1, -0.05) is 30.3 Å². The Kier molecular flexibility index (Phi) is 5.11. The highest BCUT2D eigenvalue weighted by molar-refractivity contribution is 5.93. The zero-order valence-corrected chi connectivity index (χ0v) is 13.7. The molecule has 24 heavy (non-hydrogen) atoms. The molecule has 0 aliphatic rings. The lowest BCUT2D eigenvalue weighted by Gasteiger charge is -2.28. The molecule has 0 aliphatic heterocycles. The van der Waals surface area contributed by atoms with E-state index in [4.69, 9.17) is 4.42 Å². The zero-order valence-electron chi connectivity index (χ0n) is 13.7. The van der Waals surface area contributed by atoms with Crippen molar-refractivity contribution in [2.24, 2.45) is 0 Å². The molecule has 0 saturated heterocycles. The van der Waals surface area contributed by atoms with Crippen molar-refractivity contribution in [2.75, 3.05) is 0 Å². The molecule has 5 nitrogen and oxygen atoms in total. The van der Waals surface area contributed by atoms with Gasteiger partial charge < -0.3 is 14.3 Å². The lowest BCUT2D eigenvalue weighted by atomic mass is 10.0. The molecule has 1 aromatic carbocycles. The molecule has 3 aromatic rings. The second kappa shape index (κ2) is 7.64. The SMILES string of the molecule is C[C@H](CCc1ccccc1)N(Cc1ncc[nH]1)C(=O)c1ccoc1. The van der Waals surface area contributed by atoms with E-state index in [1.807, 2.05) is 23.1 Å². The Bertz CT molecular complexity index is 736. The summed E-state index contributed by atoms with van der Waals surface area (Å²) in [6, 6.07) is 12.1. The Morgan fingerprint density at radius 2 is 2.12 bits per heavy atom. The Hall–Kier alpha value is -2.82. The van der Waals surface area contributed by atoms with Gasteiger partial charge in [0.15, 0.2) is 0 Å². The van der Waals surface area contributed by atoms with Crippen molar-refractivity contribution < 1.29 is 9.21 Å². The van der Waals surface area contributed by atoms with Crippen LogP contribution in [0.1, 0.15) is 35.1 Å². The number of aryl methyl sites for hydroxylation is 1. The van der Waals surface area contributed by atoms with E-state index in [1.165, 1.54) is 18.1 Å². The minimum atomic E-state index is -0.0410. The van der Waals surface area contributed by atoms with Crippen LogP contribution in [-0.2, 0) is 13.0 Å². The molecule has 1 amide bonds. The molecule has 0 unspecified atom stereocenters. The van der Waals surface area contributed by atoms with E-state index in [2.05, 4.69) is 29.0 Å². The van der Waals surface area contributed by atoms with E-state index < -0.39 is 0 Å². The van der Waals surface area contributed by atoms with E-state index in [-0.39, 0.29) is 11.9 Å². The molecule has 0 fully saturated rings. The summed E-state index contributed by atoms with van der Waals surface area (Å²) >= 11 is 0. The Morgan fingerprint density at radius 1 is 1.29 bits per heavy atom. The van der Waals surface area contributed by atoms with E-state index >= 15 is 0 Å². The van der Waals surface area contributed by atoms with Crippen LogP contribution >= 0.6 is 0 Å². The van der Waals surface area contributed by atoms with Crippen LogP contribution < -0.4 is 0 Å². The van der Waals surface area contributed by atoms with Crippen molar-refractivity contribution in [3.05, 3.63) is 78.3 Å². The predicted molar refractivity (Wildman–Crippen MR) is 91.4 cm³/mol. The average Bonchev–Trinajstić information content (AvgIpc) is 3.31. The topological polar surface area (TPSA) is 62.1 Å². The minimum absolute atomic E-state index is 0.0410. The Morgan fingerprint density at radius 3 is 2.79 bits per heavy atom. The van der Waals surface area contributed by atoms with Crippen LogP contribution in [0.5, 0.6) is 0 Å². The van der Waals surface area contributed by atoms with E-state index in [9.17, 15) is 4.79 Å². The van der Waals surface area contributed by atoms with Gasteiger partial charge in [0.25, 0.3) is 5.91 Å². The van der Waals surface area contributed by atoms with Gasteiger partial charge in [0.2, 0.25) is 0 Å². The Balaban J connectivity index is 1.71. The summed E-state index contributed by atoms with van der Waals surface area (Å²) < 4.78 is 5.06. The van der Waals surface area contributed by atoms with Crippen LogP contribution in [0.15, 0.2) is 65.7 Å². The quantitative estimate of drug-likeness (QED) is 0.721. The normalized spacial score (nSPS) is 12.0. The number of rotatable bonds is 7. The zero-order chi connectivity index (χ0) is 16.8. The van der Waals surface area contributed by atoms with Gasteiger partial charge in [-0.05, 0) is 31.4 Å². The van der Waals surface area contributed by atoms with Gasteiger partial charge in [0.05, 0.1) is 18.4 Å². The summed E-state index contributed by atoms with van der Waals surface area (Å²) in [5.74, 6) is 0.735. The third-order valence-corrected chi connectivity index (χ3v) is 4.13. The second-order valence-electron chi connectivity index (χ2n) is 5.85. The number of furan rings is 1. The molecule has 2 heterocycles. The summed E-state index contributed by atoms with van der Waals surface area (Å²) in [5.41, 5.74) is 1.84. The van der Waals surface area contributed by atoms with Crippen molar-refractivity contribution >= 4 is 5.91 Å². The maximum atomic E-state index is 12.8. The number of hydrogen-bond acceptors (Lipinski definition) is 3. The van der Waals surface area contributed by atoms with Crippen LogP contribution in [0.4, 0.5) is 0 Å². The van der Waals surface area contributed by atoms with Crippen molar-refractivity contribution in [3.8, 4) is 0 Å². The summed E-state index contributed by atoms with van der Waals surface area (Å²) in [5, 5.41) is 0. The minimum Gasteiger partial charge on any atom is -0.472 e. The molecule has 3 rings (SSSR count). The predicted octanol–water partition coefficient (Wildman–Crippen LogP) is 3.67. The summed E-state index contributed by atoms with van der Waals surface area (Å²) in [7, 11) is 0. The average molecular weight is 323 g/mol. The standard InChI is InChI=1S/C19H21N3O2/c1-15(7-8-16-5-3-2-4-6-16)22(13-18-20-10-11-21-18)19(23)17-9-12-24-14-17/h2-6,9-12,14-15H,7-8,13H2,1H3,(H,20,21)/t15-/m1/s1. The number of benzene rings is 1. The molecule has 5 heteroatoms. The highest BCUT2D eigenvalue weighted by Crippen LogP contribution is 2.16. The van der Waals surface area contributed by atoms with Gasteiger partial charge >= 0.3 is 0 Å². The molecule has 1 N–H and O–H groups in total. The molecular formula is C19H21N3O2. The number of imidazole rings is 1. The molecule has 124 valence electrons. The first kappa shape index (κ1) is 16.1. The first-order valence-electron chi connectivity index (χ1n) is 8.09. The first-order chi connectivity index (χ1) is 11.7. The summed E-state index contributed by atoms with van der Waals surface area (Å²) in [6.07, 6.45) is 8.28. The van der Waals surface area contributed by atoms with Crippen LogP contribution in [0, 0.1) is 0 Å². The fraction of sp³-hybridized carbons (Fsp3) is 0.263. The summed E-state index contributed by atoms with van der Waals surface area (Å²) in [6.45, 7) is 2.52. The lowest BCUT2D eigenvalue weighted by Crippen LogP contribution is -2.38. The van der Waals surface area contributed by atoms with Crippen LogP contribution in [-0.4, -0.2) is 26.8 Å². The number of H-pyrrole nitrogens is 1. The number of nitrogens with one attached hydrogen (secondary N) is 1. The molecule has 2 aromatic heterocycles. The fourth-order valence-corrected chi connectivity index (χ4v) is 2.70.